The van der Waals surface area contributed by atoms with Crippen molar-refractivity contribution in [3.05, 3.63) is 42.2 Å². The van der Waals surface area contributed by atoms with Gasteiger partial charge in [-0.2, -0.15) is 0 Å². The molecular weight excluding hydrogens is 236 g/mol. The number of nitrogens with zero attached hydrogens (tertiary/aromatic N) is 2. The van der Waals surface area contributed by atoms with E-state index < -0.39 is 0 Å². The maximum atomic E-state index is 5.33. The van der Waals surface area contributed by atoms with E-state index in [4.69, 9.17) is 4.74 Å². The van der Waals surface area contributed by atoms with Crippen molar-refractivity contribution in [3.63, 3.8) is 0 Å². The van der Waals surface area contributed by atoms with Crippen LogP contribution >= 0.6 is 0 Å². The molecule has 1 aromatic heterocycles. The molecule has 0 bridgehead atoms. The van der Waals surface area contributed by atoms with Gasteiger partial charge >= 0.3 is 0 Å². The van der Waals surface area contributed by atoms with E-state index in [1.807, 2.05) is 36.7 Å². The number of methoxy groups -OCH3 is 1. The Hall–Kier alpha value is -1.90. The first kappa shape index (κ1) is 13.5. The number of aromatic nitrogens is 2. The Morgan fingerprint density at radius 1 is 1.05 bits per heavy atom. The normalized spacial score (nSPS) is 11.4. The molecule has 1 heterocycles. The molecule has 2 aromatic rings. The van der Waals surface area contributed by atoms with E-state index in [-0.39, 0.29) is 5.41 Å². The molecule has 100 valence electrons. The highest BCUT2D eigenvalue weighted by Crippen LogP contribution is 2.27. The molecule has 0 amide bonds. The van der Waals surface area contributed by atoms with E-state index in [1.165, 1.54) is 0 Å². The van der Waals surface area contributed by atoms with Crippen molar-refractivity contribution in [2.24, 2.45) is 5.41 Å². The topological polar surface area (TPSA) is 35.0 Å². The Morgan fingerprint density at radius 3 is 2.26 bits per heavy atom. The molecule has 0 saturated carbocycles. The van der Waals surface area contributed by atoms with Crippen molar-refractivity contribution in [3.8, 4) is 17.1 Å². The molecule has 0 fully saturated rings. The maximum Gasteiger partial charge on any atom is 0.162 e. The number of ether oxygens (including phenoxy) is 1. The van der Waals surface area contributed by atoms with Gasteiger partial charge in [-0.1, -0.05) is 32.9 Å². The Balaban J connectivity index is 2.27. The average molecular weight is 256 g/mol. The fourth-order valence-electron chi connectivity index (χ4n) is 2.03. The molecule has 3 nitrogen and oxygen atoms in total. The van der Waals surface area contributed by atoms with Gasteiger partial charge in [-0.05, 0) is 29.5 Å². The predicted molar refractivity (Wildman–Crippen MR) is 77.2 cm³/mol. The van der Waals surface area contributed by atoms with Crippen LogP contribution in [0.4, 0.5) is 0 Å². The molecule has 0 atom stereocenters. The van der Waals surface area contributed by atoms with Gasteiger partial charge in [-0.3, -0.25) is 0 Å². The summed E-state index contributed by atoms with van der Waals surface area (Å²) in [7, 11) is 1.66. The number of benzene rings is 1. The van der Waals surface area contributed by atoms with Crippen molar-refractivity contribution in [2.75, 3.05) is 7.11 Å². The monoisotopic (exact) mass is 256 g/mol. The van der Waals surface area contributed by atoms with Crippen LogP contribution in [-0.2, 0) is 6.42 Å². The van der Waals surface area contributed by atoms with Gasteiger partial charge in [0.2, 0.25) is 0 Å². The summed E-state index contributed by atoms with van der Waals surface area (Å²) in [6, 6.07) is 7.79. The molecule has 1 aromatic carbocycles. The molecular formula is C16H20N2O. The van der Waals surface area contributed by atoms with Crippen LogP contribution < -0.4 is 4.74 Å². The first-order valence-electron chi connectivity index (χ1n) is 6.44. The number of para-hydroxylation sites is 1. The fraction of sp³-hybridized carbons (Fsp3) is 0.375. The average Bonchev–Trinajstić information content (AvgIpc) is 2.38. The molecule has 0 aliphatic heterocycles. The number of hydrogen-bond donors (Lipinski definition) is 0. The highest BCUT2D eigenvalue weighted by Gasteiger charge is 2.13. The van der Waals surface area contributed by atoms with Crippen LogP contribution in [0.3, 0.4) is 0 Å². The number of hydrogen-bond acceptors (Lipinski definition) is 3. The van der Waals surface area contributed by atoms with Crippen molar-refractivity contribution < 1.29 is 4.74 Å². The van der Waals surface area contributed by atoms with E-state index in [0.29, 0.717) is 5.82 Å². The summed E-state index contributed by atoms with van der Waals surface area (Å²) < 4.78 is 5.33. The Labute approximate surface area is 114 Å². The van der Waals surface area contributed by atoms with Crippen LogP contribution in [0.15, 0.2) is 36.7 Å². The summed E-state index contributed by atoms with van der Waals surface area (Å²) in [4.78, 5) is 8.90. The lowest BCUT2D eigenvalue weighted by Crippen LogP contribution is -2.09. The van der Waals surface area contributed by atoms with E-state index >= 15 is 0 Å². The zero-order valence-corrected chi connectivity index (χ0v) is 12.0. The Kier molecular flexibility index (Phi) is 3.84. The van der Waals surface area contributed by atoms with Gasteiger partial charge in [0.25, 0.3) is 0 Å². The summed E-state index contributed by atoms with van der Waals surface area (Å²) in [5.74, 6) is 1.50. The van der Waals surface area contributed by atoms with Gasteiger partial charge in [0.1, 0.15) is 5.75 Å². The SMILES string of the molecule is COc1ccccc1-c1ncc(CC(C)(C)C)cn1. The molecule has 2 rings (SSSR count). The standard InChI is InChI=1S/C16H20N2O/c1-16(2,3)9-12-10-17-15(18-11-12)13-7-5-6-8-14(13)19-4/h5-8,10-11H,9H2,1-4H3. The molecule has 0 N–H and O–H groups in total. The van der Waals surface area contributed by atoms with E-state index in [1.54, 1.807) is 7.11 Å². The summed E-state index contributed by atoms with van der Waals surface area (Å²) >= 11 is 0. The lowest BCUT2D eigenvalue weighted by molar-refractivity contribution is 0.410. The van der Waals surface area contributed by atoms with Gasteiger partial charge in [0, 0.05) is 12.4 Å². The van der Waals surface area contributed by atoms with Crippen molar-refractivity contribution >= 4 is 0 Å². The summed E-state index contributed by atoms with van der Waals surface area (Å²) in [6.07, 6.45) is 4.78. The molecule has 0 unspecified atom stereocenters. The van der Waals surface area contributed by atoms with Gasteiger partial charge < -0.3 is 4.74 Å². The van der Waals surface area contributed by atoms with E-state index in [0.717, 1.165) is 23.3 Å². The van der Waals surface area contributed by atoms with Crippen LogP contribution in [-0.4, -0.2) is 17.1 Å². The zero-order chi connectivity index (χ0) is 13.9. The number of rotatable bonds is 3. The second kappa shape index (κ2) is 5.39. The van der Waals surface area contributed by atoms with Crippen LogP contribution in [0.2, 0.25) is 0 Å². The second-order valence-corrected chi connectivity index (χ2v) is 5.85. The smallest absolute Gasteiger partial charge is 0.162 e. The van der Waals surface area contributed by atoms with Gasteiger partial charge in [-0.25, -0.2) is 9.97 Å². The first-order valence-corrected chi connectivity index (χ1v) is 6.44. The lowest BCUT2D eigenvalue weighted by atomic mass is 9.89. The molecule has 0 aliphatic rings. The van der Waals surface area contributed by atoms with E-state index in [2.05, 4.69) is 30.7 Å². The van der Waals surface area contributed by atoms with Crippen LogP contribution in [0.25, 0.3) is 11.4 Å². The highest BCUT2D eigenvalue weighted by atomic mass is 16.5. The van der Waals surface area contributed by atoms with Crippen LogP contribution in [0.1, 0.15) is 26.3 Å². The van der Waals surface area contributed by atoms with Gasteiger partial charge in [-0.15, -0.1) is 0 Å². The first-order chi connectivity index (χ1) is 8.99. The molecule has 19 heavy (non-hydrogen) atoms. The quantitative estimate of drug-likeness (QED) is 0.839. The molecule has 3 heteroatoms. The second-order valence-electron chi connectivity index (χ2n) is 5.85. The third-order valence-corrected chi connectivity index (χ3v) is 2.79. The predicted octanol–water partition coefficient (Wildman–Crippen LogP) is 3.74. The molecule has 0 spiro atoms. The third-order valence-electron chi connectivity index (χ3n) is 2.79. The van der Waals surface area contributed by atoms with Gasteiger partial charge in [0.05, 0.1) is 12.7 Å². The minimum atomic E-state index is 0.245. The maximum absolute atomic E-state index is 5.33. The van der Waals surface area contributed by atoms with Crippen molar-refractivity contribution in [1.82, 2.24) is 9.97 Å². The Bertz CT molecular complexity index is 541. The minimum Gasteiger partial charge on any atom is -0.496 e. The fourth-order valence-corrected chi connectivity index (χ4v) is 2.03. The van der Waals surface area contributed by atoms with Crippen LogP contribution in [0, 0.1) is 5.41 Å². The molecule has 0 radical (unpaired) electrons. The summed E-state index contributed by atoms with van der Waals surface area (Å²) in [5, 5.41) is 0. The van der Waals surface area contributed by atoms with E-state index in [9.17, 15) is 0 Å². The van der Waals surface area contributed by atoms with Crippen LogP contribution in [0.5, 0.6) is 5.75 Å². The Morgan fingerprint density at radius 2 is 1.68 bits per heavy atom. The third kappa shape index (κ3) is 3.53. The minimum absolute atomic E-state index is 0.245. The highest BCUT2D eigenvalue weighted by molar-refractivity contribution is 5.63. The summed E-state index contributed by atoms with van der Waals surface area (Å²) in [6.45, 7) is 6.63. The van der Waals surface area contributed by atoms with Crippen molar-refractivity contribution in [1.29, 1.82) is 0 Å². The van der Waals surface area contributed by atoms with Gasteiger partial charge in [0.15, 0.2) is 5.82 Å². The largest absolute Gasteiger partial charge is 0.496 e. The summed E-state index contributed by atoms with van der Waals surface area (Å²) in [5.41, 5.74) is 2.33. The lowest BCUT2D eigenvalue weighted by Gasteiger charge is -2.17. The molecule has 0 aliphatic carbocycles. The zero-order valence-electron chi connectivity index (χ0n) is 12.0. The molecule has 0 saturated heterocycles. The van der Waals surface area contributed by atoms with Crippen molar-refractivity contribution in [2.45, 2.75) is 27.2 Å².